The molecule has 0 saturated heterocycles. The van der Waals surface area contributed by atoms with Crippen LogP contribution >= 0.6 is 23.2 Å². The van der Waals surface area contributed by atoms with Crippen molar-refractivity contribution in [2.24, 2.45) is 0 Å². The Labute approximate surface area is 166 Å². The molecule has 0 atom stereocenters. The first kappa shape index (κ1) is 21.2. The Morgan fingerprint density at radius 1 is 1.04 bits per heavy atom. The fourth-order valence-corrected chi connectivity index (χ4v) is 3.84. The second-order valence-electron chi connectivity index (χ2n) is 6.61. The van der Waals surface area contributed by atoms with Crippen LogP contribution in [-0.4, -0.2) is 26.4 Å². The molecule has 4 nitrogen and oxygen atoms in total. The van der Waals surface area contributed by atoms with Crippen molar-refractivity contribution in [3.63, 3.8) is 0 Å². The summed E-state index contributed by atoms with van der Waals surface area (Å²) in [5.41, 5.74) is 2.68. The van der Waals surface area contributed by atoms with Crippen molar-refractivity contribution in [3.05, 3.63) is 69.2 Å². The van der Waals surface area contributed by atoms with Gasteiger partial charge in [-0.05, 0) is 49.7 Å². The summed E-state index contributed by atoms with van der Waals surface area (Å²) in [6.07, 6.45) is 0. The highest BCUT2D eigenvalue weighted by Crippen LogP contribution is 2.23. The van der Waals surface area contributed by atoms with Gasteiger partial charge in [-0.1, -0.05) is 53.5 Å². The highest BCUT2D eigenvalue weighted by Gasteiger charge is 2.14. The topological polar surface area (TPSA) is 49.4 Å². The molecule has 0 heterocycles. The van der Waals surface area contributed by atoms with Gasteiger partial charge in [0, 0.05) is 19.1 Å². The highest BCUT2D eigenvalue weighted by molar-refractivity contribution is 7.88. The predicted octanol–water partition coefficient (Wildman–Crippen LogP) is 4.45. The van der Waals surface area contributed by atoms with Crippen LogP contribution in [0.3, 0.4) is 0 Å². The minimum atomic E-state index is -3.49. The molecule has 142 valence electrons. The van der Waals surface area contributed by atoms with Gasteiger partial charge in [0.2, 0.25) is 10.0 Å². The molecule has 2 aromatic rings. The summed E-state index contributed by atoms with van der Waals surface area (Å²) < 4.78 is 27.5. The number of hydrogen-bond acceptors (Lipinski definition) is 3. The van der Waals surface area contributed by atoms with Crippen LogP contribution in [0.25, 0.3) is 0 Å². The number of benzene rings is 2. The van der Waals surface area contributed by atoms with E-state index in [1.807, 2.05) is 24.3 Å². The van der Waals surface area contributed by atoms with Crippen LogP contribution in [0.2, 0.25) is 10.0 Å². The smallest absolute Gasteiger partial charge is 0.216 e. The van der Waals surface area contributed by atoms with E-state index in [1.165, 1.54) is 0 Å². The Hall–Kier alpha value is -1.11. The van der Waals surface area contributed by atoms with Gasteiger partial charge in [-0.3, -0.25) is 4.90 Å². The van der Waals surface area contributed by atoms with Gasteiger partial charge in [0.15, 0.2) is 0 Å². The van der Waals surface area contributed by atoms with Crippen molar-refractivity contribution in [2.45, 2.75) is 38.7 Å². The maximum atomic E-state index is 12.4. The maximum absolute atomic E-state index is 12.4. The summed E-state index contributed by atoms with van der Waals surface area (Å²) in [5, 5.41) is 0.755. The van der Waals surface area contributed by atoms with Crippen molar-refractivity contribution in [2.75, 3.05) is 7.05 Å². The molecule has 2 aromatic carbocycles. The van der Waals surface area contributed by atoms with E-state index in [0.717, 1.165) is 17.7 Å². The van der Waals surface area contributed by atoms with Gasteiger partial charge < -0.3 is 0 Å². The van der Waals surface area contributed by atoms with Gasteiger partial charge in [-0.15, -0.1) is 0 Å². The number of nitrogens with one attached hydrogen (secondary N) is 1. The predicted molar refractivity (Wildman–Crippen MR) is 109 cm³/mol. The van der Waals surface area contributed by atoms with Gasteiger partial charge >= 0.3 is 0 Å². The third kappa shape index (κ3) is 6.25. The van der Waals surface area contributed by atoms with Gasteiger partial charge in [-0.25, -0.2) is 13.1 Å². The summed E-state index contributed by atoms with van der Waals surface area (Å²) in [6, 6.07) is 13.1. The SMILES string of the molecule is CC(C)N(C)Cc1ccccc1CNS(=O)(=O)Cc1ccc(Cl)c(Cl)c1. The van der Waals surface area contributed by atoms with E-state index >= 15 is 0 Å². The molecule has 2 rings (SSSR count). The number of hydrogen-bond donors (Lipinski definition) is 1. The average Bonchev–Trinajstić information content (AvgIpc) is 2.57. The lowest BCUT2D eigenvalue weighted by Gasteiger charge is -2.22. The van der Waals surface area contributed by atoms with Gasteiger partial charge in [-0.2, -0.15) is 0 Å². The van der Waals surface area contributed by atoms with Crippen LogP contribution in [0.4, 0.5) is 0 Å². The van der Waals surface area contributed by atoms with Crippen LogP contribution < -0.4 is 4.72 Å². The molecule has 26 heavy (non-hydrogen) atoms. The van der Waals surface area contributed by atoms with Gasteiger partial charge in [0.25, 0.3) is 0 Å². The second-order valence-corrected chi connectivity index (χ2v) is 9.23. The first-order valence-electron chi connectivity index (χ1n) is 8.36. The minimum absolute atomic E-state index is 0.141. The summed E-state index contributed by atoms with van der Waals surface area (Å²) in [4.78, 5) is 2.21. The normalized spacial score (nSPS) is 12.1. The van der Waals surface area contributed by atoms with E-state index in [-0.39, 0.29) is 12.3 Å². The standard InChI is InChI=1S/C19H24Cl2N2O2S/c1-14(2)23(3)12-17-7-5-4-6-16(17)11-22-26(24,25)13-15-8-9-18(20)19(21)10-15/h4-10,14,22H,11-13H2,1-3H3. The van der Waals surface area contributed by atoms with Gasteiger partial charge in [0.1, 0.15) is 0 Å². The van der Waals surface area contributed by atoms with Crippen molar-refractivity contribution >= 4 is 33.2 Å². The Morgan fingerprint density at radius 2 is 1.69 bits per heavy atom. The molecule has 7 heteroatoms. The molecule has 0 radical (unpaired) electrons. The summed E-state index contributed by atoms with van der Waals surface area (Å²) in [7, 11) is -1.44. The third-order valence-electron chi connectivity index (χ3n) is 4.24. The zero-order valence-corrected chi connectivity index (χ0v) is 17.5. The molecule has 0 unspecified atom stereocenters. The van der Waals surface area contributed by atoms with Crippen LogP contribution in [0.1, 0.15) is 30.5 Å². The largest absolute Gasteiger partial charge is 0.300 e. The van der Waals surface area contributed by atoms with Crippen molar-refractivity contribution in [1.29, 1.82) is 0 Å². The van der Waals surface area contributed by atoms with Crippen LogP contribution in [0.15, 0.2) is 42.5 Å². The molecular weight excluding hydrogens is 391 g/mol. The van der Waals surface area contributed by atoms with Crippen molar-refractivity contribution in [3.8, 4) is 0 Å². The lowest BCUT2D eigenvalue weighted by atomic mass is 10.1. The molecule has 0 amide bonds. The van der Waals surface area contributed by atoms with E-state index in [2.05, 4.69) is 30.5 Å². The second kappa shape index (κ2) is 9.20. The minimum Gasteiger partial charge on any atom is -0.300 e. The zero-order chi connectivity index (χ0) is 19.3. The van der Waals surface area contributed by atoms with Crippen LogP contribution in [0, 0.1) is 0 Å². The number of nitrogens with zero attached hydrogens (tertiary/aromatic N) is 1. The summed E-state index contributed by atoms with van der Waals surface area (Å²) in [6.45, 7) is 5.28. The Bertz CT molecular complexity index is 854. The van der Waals surface area contributed by atoms with E-state index in [9.17, 15) is 8.42 Å². The summed E-state index contributed by atoms with van der Waals surface area (Å²) in [5.74, 6) is -0.141. The average molecular weight is 415 g/mol. The first-order chi connectivity index (χ1) is 12.2. The maximum Gasteiger partial charge on any atom is 0.216 e. The van der Waals surface area contributed by atoms with Crippen molar-refractivity contribution in [1.82, 2.24) is 9.62 Å². The van der Waals surface area contributed by atoms with Crippen LogP contribution in [-0.2, 0) is 28.9 Å². The van der Waals surface area contributed by atoms with Crippen molar-refractivity contribution < 1.29 is 8.42 Å². The molecule has 0 bridgehead atoms. The van der Waals surface area contributed by atoms with E-state index in [0.29, 0.717) is 21.7 Å². The Morgan fingerprint density at radius 3 is 2.31 bits per heavy atom. The lowest BCUT2D eigenvalue weighted by molar-refractivity contribution is 0.265. The molecule has 0 aliphatic carbocycles. The van der Waals surface area contributed by atoms with E-state index in [4.69, 9.17) is 23.2 Å². The molecule has 0 aliphatic heterocycles. The lowest BCUT2D eigenvalue weighted by Crippen LogP contribution is -2.28. The number of rotatable bonds is 8. The molecule has 1 N–H and O–H groups in total. The van der Waals surface area contributed by atoms with E-state index in [1.54, 1.807) is 18.2 Å². The number of sulfonamides is 1. The van der Waals surface area contributed by atoms with Gasteiger partial charge in [0.05, 0.1) is 15.8 Å². The monoisotopic (exact) mass is 414 g/mol. The van der Waals surface area contributed by atoms with E-state index < -0.39 is 10.0 Å². The molecule has 0 fully saturated rings. The fraction of sp³-hybridized carbons (Fsp3) is 0.368. The summed E-state index contributed by atoms with van der Waals surface area (Å²) >= 11 is 11.8. The third-order valence-corrected chi connectivity index (χ3v) is 6.28. The Kier molecular flexibility index (Phi) is 7.50. The zero-order valence-electron chi connectivity index (χ0n) is 15.2. The van der Waals surface area contributed by atoms with Crippen LogP contribution in [0.5, 0.6) is 0 Å². The molecule has 0 spiro atoms. The molecule has 0 saturated carbocycles. The molecule has 0 aliphatic rings. The molecule has 0 aromatic heterocycles. The number of halogens is 2. The highest BCUT2D eigenvalue weighted by atomic mass is 35.5. The fourth-order valence-electron chi connectivity index (χ4n) is 2.42. The molecular formula is C19H24Cl2N2O2S. The first-order valence-corrected chi connectivity index (χ1v) is 10.8. The quantitative estimate of drug-likeness (QED) is 0.693. The Balaban J connectivity index is 2.06.